The van der Waals surface area contributed by atoms with Gasteiger partial charge in [0.15, 0.2) is 0 Å². The van der Waals surface area contributed by atoms with Gasteiger partial charge in [-0.05, 0) is 29.7 Å². The van der Waals surface area contributed by atoms with Gasteiger partial charge in [-0.2, -0.15) is 0 Å². The summed E-state index contributed by atoms with van der Waals surface area (Å²) >= 11 is 3.45. The zero-order chi connectivity index (χ0) is 14.5. The predicted octanol–water partition coefficient (Wildman–Crippen LogP) is 4.14. The molecule has 1 atom stereocenters. The molecule has 1 heterocycles. The van der Waals surface area contributed by atoms with Crippen molar-refractivity contribution in [3.63, 3.8) is 0 Å². The Morgan fingerprint density at radius 1 is 1.10 bits per heavy atom. The second kappa shape index (κ2) is 7.01. The van der Waals surface area contributed by atoms with Crippen LogP contribution in [0.1, 0.15) is 17.5 Å². The number of hydrogen-bond acceptors (Lipinski definition) is 2. The fraction of sp³-hybridized carbons (Fsp3) is 0.278. The van der Waals surface area contributed by atoms with Gasteiger partial charge in [0.25, 0.3) is 0 Å². The van der Waals surface area contributed by atoms with Gasteiger partial charge in [0, 0.05) is 30.3 Å². The molecule has 0 bridgehead atoms. The van der Waals surface area contributed by atoms with Gasteiger partial charge in [-0.1, -0.05) is 58.4 Å². The number of halogens is 1. The SMILES string of the molecule is Brc1ccc(C=NC2CCN(Cc3ccccc3)C2)cc1. The van der Waals surface area contributed by atoms with E-state index in [-0.39, 0.29) is 0 Å². The molecule has 1 aliphatic heterocycles. The minimum Gasteiger partial charge on any atom is -0.297 e. The molecule has 1 fully saturated rings. The Bertz CT molecular complexity index is 592. The molecular weight excluding hydrogens is 324 g/mol. The summed E-state index contributed by atoms with van der Waals surface area (Å²) in [4.78, 5) is 7.22. The second-order valence-electron chi connectivity index (χ2n) is 5.49. The number of benzene rings is 2. The monoisotopic (exact) mass is 342 g/mol. The quantitative estimate of drug-likeness (QED) is 0.762. The average molecular weight is 343 g/mol. The highest BCUT2D eigenvalue weighted by Crippen LogP contribution is 2.16. The van der Waals surface area contributed by atoms with Crippen LogP contribution >= 0.6 is 15.9 Å². The van der Waals surface area contributed by atoms with Gasteiger partial charge in [0.05, 0.1) is 6.04 Å². The van der Waals surface area contributed by atoms with Crippen LogP contribution in [0.15, 0.2) is 64.1 Å². The molecule has 0 amide bonds. The molecule has 1 unspecified atom stereocenters. The maximum atomic E-state index is 4.73. The lowest BCUT2D eigenvalue weighted by Gasteiger charge is -2.14. The van der Waals surface area contributed by atoms with Crippen molar-refractivity contribution in [2.24, 2.45) is 4.99 Å². The molecule has 1 saturated heterocycles. The van der Waals surface area contributed by atoms with Crippen molar-refractivity contribution in [1.82, 2.24) is 4.90 Å². The topological polar surface area (TPSA) is 15.6 Å². The van der Waals surface area contributed by atoms with Gasteiger partial charge < -0.3 is 0 Å². The lowest BCUT2D eigenvalue weighted by atomic mass is 10.2. The van der Waals surface area contributed by atoms with Crippen LogP contribution in [-0.2, 0) is 6.54 Å². The first kappa shape index (κ1) is 14.5. The van der Waals surface area contributed by atoms with Crippen molar-refractivity contribution >= 4 is 22.1 Å². The van der Waals surface area contributed by atoms with Crippen LogP contribution in [0.5, 0.6) is 0 Å². The maximum Gasteiger partial charge on any atom is 0.0639 e. The van der Waals surface area contributed by atoms with Crippen LogP contribution in [0.3, 0.4) is 0 Å². The minimum atomic E-state index is 0.428. The van der Waals surface area contributed by atoms with Crippen molar-refractivity contribution in [3.8, 4) is 0 Å². The number of nitrogens with zero attached hydrogens (tertiary/aromatic N) is 2. The van der Waals surface area contributed by atoms with Crippen molar-refractivity contribution in [3.05, 3.63) is 70.2 Å². The van der Waals surface area contributed by atoms with Gasteiger partial charge >= 0.3 is 0 Å². The Hall–Kier alpha value is -1.45. The maximum absolute atomic E-state index is 4.73. The molecule has 3 heteroatoms. The van der Waals surface area contributed by atoms with E-state index in [1.807, 2.05) is 6.21 Å². The van der Waals surface area contributed by atoms with Gasteiger partial charge in [-0.3, -0.25) is 9.89 Å². The van der Waals surface area contributed by atoms with Crippen LogP contribution < -0.4 is 0 Å². The van der Waals surface area contributed by atoms with E-state index in [0.717, 1.165) is 30.5 Å². The van der Waals surface area contributed by atoms with Gasteiger partial charge in [-0.15, -0.1) is 0 Å². The minimum absolute atomic E-state index is 0.428. The molecule has 0 aliphatic carbocycles. The molecule has 0 radical (unpaired) electrons. The van der Waals surface area contributed by atoms with Crippen molar-refractivity contribution in [2.45, 2.75) is 19.0 Å². The van der Waals surface area contributed by atoms with Gasteiger partial charge in [0.1, 0.15) is 0 Å². The fourth-order valence-electron chi connectivity index (χ4n) is 2.66. The molecule has 3 rings (SSSR count). The molecule has 108 valence electrons. The van der Waals surface area contributed by atoms with Crippen LogP contribution in [0.25, 0.3) is 0 Å². The van der Waals surface area contributed by atoms with Crippen LogP contribution in [-0.4, -0.2) is 30.2 Å². The highest BCUT2D eigenvalue weighted by atomic mass is 79.9. The highest BCUT2D eigenvalue weighted by Gasteiger charge is 2.21. The van der Waals surface area contributed by atoms with E-state index in [1.54, 1.807) is 0 Å². The van der Waals surface area contributed by atoms with E-state index in [4.69, 9.17) is 4.99 Å². The van der Waals surface area contributed by atoms with E-state index in [2.05, 4.69) is 75.4 Å². The van der Waals surface area contributed by atoms with E-state index >= 15 is 0 Å². The second-order valence-corrected chi connectivity index (χ2v) is 6.41. The van der Waals surface area contributed by atoms with E-state index in [9.17, 15) is 0 Å². The Kier molecular flexibility index (Phi) is 4.84. The Morgan fingerprint density at radius 3 is 2.62 bits per heavy atom. The summed E-state index contributed by atoms with van der Waals surface area (Å²) in [6, 6.07) is 19.4. The van der Waals surface area contributed by atoms with Gasteiger partial charge in [0.2, 0.25) is 0 Å². The molecule has 0 saturated carbocycles. The lowest BCUT2D eigenvalue weighted by Crippen LogP contribution is -2.21. The summed E-state index contributed by atoms with van der Waals surface area (Å²) in [6.45, 7) is 3.23. The van der Waals surface area contributed by atoms with Crippen LogP contribution in [0, 0.1) is 0 Å². The summed E-state index contributed by atoms with van der Waals surface area (Å²) in [5, 5.41) is 0. The van der Waals surface area contributed by atoms with E-state index < -0.39 is 0 Å². The Morgan fingerprint density at radius 2 is 1.86 bits per heavy atom. The van der Waals surface area contributed by atoms with Crippen LogP contribution in [0.4, 0.5) is 0 Å². The third-order valence-corrected chi connectivity index (χ3v) is 4.33. The first-order valence-corrected chi connectivity index (χ1v) is 8.14. The lowest BCUT2D eigenvalue weighted by molar-refractivity contribution is 0.327. The highest BCUT2D eigenvalue weighted by molar-refractivity contribution is 9.10. The molecular formula is C18H19BrN2. The fourth-order valence-corrected chi connectivity index (χ4v) is 2.92. The summed E-state index contributed by atoms with van der Waals surface area (Å²) in [7, 11) is 0. The van der Waals surface area contributed by atoms with E-state index in [1.165, 1.54) is 11.1 Å². The predicted molar refractivity (Wildman–Crippen MR) is 91.9 cm³/mol. The van der Waals surface area contributed by atoms with Crippen molar-refractivity contribution < 1.29 is 0 Å². The largest absolute Gasteiger partial charge is 0.297 e. The Balaban J connectivity index is 1.53. The molecule has 2 aromatic carbocycles. The number of aliphatic imine (C=N–C) groups is 1. The summed E-state index contributed by atoms with van der Waals surface area (Å²) in [5.41, 5.74) is 2.55. The van der Waals surface area contributed by atoms with E-state index in [0.29, 0.717) is 6.04 Å². The number of rotatable bonds is 4. The molecule has 1 aliphatic rings. The summed E-state index contributed by atoms with van der Waals surface area (Å²) in [5.74, 6) is 0. The molecule has 0 spiro atoms. The molecule has 0 N–H and O–H groups in total. The Labute approximate surface area is 134 Å². The van der Waals surface area contributed by atoms with Gasteiger partial charge in [-0.25, -0.2) is 0 Å². The average Bonchev–Trinajstić information content (AvgIpc) is 2.95. The van der Waals surface area contributed by atoms with Crippen molar-refractivity contribution in [2.75, 3.05) is 13.1 Å². The third kappa shape index (κ3) is 4.26. The molecule has 2 nitrogen and oxygen atoms in total. The summed E-state index contributed by atoms with van der Waals surface area (Å²) < 4.78 is 1.11. The zero-order valence-corrected chi connectivity index (χ0v) is 13.5. The zero-order valence-electron chi connectivity index (χ0n) is 12.0. The van der Waals surface area contributed by atoms with Crippen molar-refractivity contribution in [1.29, 1.82) is 0 Å². The molecule has 0 aromatic heterocycles. The first-order valence-electron chi connectivity index (χ1n) is 7.34. The first-order chi connectivity index (χ1) is 10.3. The smallest absolute Gasteiger partial charge is 0.0639 e. The number of hydrogen-bond donors (Lipinski definition) is 0. The molecule has 2 aromatic rings. The molecule has 21 heavy (non-hydrogen) atoms. The number of likely N-dealkylation sites (tertiary alicyclic amines) is 1. The normalized spacial score (nSPS) is 19.4. The standard InChI is InChI=1S/C18H19BrN2/c19-17-8-6-15(7-9-17)12-20-18-10-11-21(14-18)13-16-4-2-1-3-5-16/h1-9,12,18H,10-11,13-14H2. The third-order valence-electron chi connectivity index (χ3n) is 3.80. The summed E-state index contributed by atoms with van der Waals surface area (Å²) in [6.07, 6.45) is 3.16. The van der Waals surface area contributed by atoms with Crippen LogP contribution in [0.2, 0.25) is 0 Å².